The second kappa shape index (κ2) is 7.63. The largest absolute Gasteiger partial charge is 0.341 e. The first-order valence-electron chi connectivity index (χ1n) is 8.53. The molecule has 2 amide bonds. The van der Waals surface area contributed by atoms with Crippen LogP contribution in [0.15, 0.2) is 28.8 Å². The zero-order chi connectivity index (χ0) is 18.7. The molecule has 0 N–H and O–H groups in total. The van der Waals surface area contributed by atoms with Gasteiger partial charge in [0.1, 0.15) is 11.9 Å². The molecule has 1 aliphatic heterocycles. The Morgan fingerprint density at radius 3 is 2.77 bits per heavy atom. The molecule has 1 saturated heterocycles. The van der Waals surface area contributed by atoms with Gasteiger partial charge in [0, 0.05) is 26.6 Å². The molecule has 2 heterocycles. The zero-order valence-electron chi connectivity index (χ0n) is 14.8. The van der Waals surface area contributed by atoms with E-state index in [2.05, 4.69) is 10.1 Å². The lowest BCUT2D eigenvalue weighted by atomic mass is 10.1. The third-order valence-corrected chi connectivity index (χ3v) is 4.49. The average molecular weight is 360 g/mol. The highest BCUT2D eigenvalue weighted by Crippen LogP contribution is 2.26. The van der Waals surface area contributed by atoms with Gasteiger partial charge in [0.2, 0.25) is 17.7 Å². The van der Waals surface area contributed by atoms with Crippen LogP contribution in [0.5, 0.6) is 0 Å². The first-order chi connectivity index (χ1) is 12.4. The van der Waals surface area contributed by atoms with Gasteiger partial charge in [-0.15, -0.1) is 0 Å². The van der Waals surface area contributed by atoms with Crippen LogP contribution in [0.3, 0.4) is 0 Å². The van der Waals surface area contributed by atoms with Crippen LogP contribution >= 0.6 is 0 Å². The highest BCUT2D eigenvalue weighted by atomic mass is 19.1. The molecular weight excluding hydrogens is 339 g/mol. The van der Waals surface area contributed by atoms with E-state index in [-0.39, 0.29) is 30.1 Å². The van der Waals surface area contributed by atoms with Crippen LogP contribution in [0.2, 0.25) is 0 Å². The van der Waals surface area contributed by atoms with Crippen LogP contribution in [-0.4, -0.2) is 51.4 Å². The van der Waals surface area contributed by atoms with Crippen molar-refractivity contribution in [2.75, 3.05) is 19.6 Å². The second-order valence-corrected chi connectivity index (χ2v) is 6.38. The smallest absolute Gasteiger partial charge is 0.249 e. The fourth-order valence-corrected chi connectivity index (χ4v) is 3.19. The molecule has 1 aliphatic rings. The van der Waals surface area contributed by atoms with Gasteiger partial charge < -0.3 is 14.3 Å². The maximum atomic E-state index is 13.3. The van der Waals surface area contributed by atoms with Gasteiger partial charge in [0.15, 0.2) is 5.82 Å². The number of carbonyl (C=O) groups is 2. The van der Waals surface area contributed by atoms with Crippen molar-refractivity contribution >= 4 is 11.8 Å². The van der Waals surface area contributed by atoms with E-state index < -0.39 is 0 Å². The molecule has 1 aromatic heterocycles. The van der Waals surface area contributed by atoms with Gasteiger partial charge in [-0.05, 0) is 31.0 Å². The molecule has 1 unspecified atom stereocenters. The van der Waals surface area contributed by atoms with Gasteiger partial charge in [-0.3, -0.25) is 9.59 Å². The van der Waals surface area contributed by atoms with E-state index >= 15 is 0 Å². The summed E-state index contributed by atoms with van der Waals surface area (Å²) in [7, 11) is 0. The molecule has 3 rings (SSSR count). The van der Waals surface area contributed by atoms with E-state index in [0.717, 1.165) is 0 Å². The van der Waals surface area contributed by atoms with Crippen LogP contribution in [0.25, 0.3) is 0 Å². The van der Waals surface area contributed by atoms with Crippen LogP contribution < -0.4 is 0 Å². The Morgan fingerprint density at radius 2 is 2.12 bits per heavy atom. The van der Waals surface area contributed by atoms with Crippen LogP contribution in [0.1, 0.15) is 36.7 Å². The summed E-state index contributed by atoms with van der Waals surface area (Å²) in [4.78, 5) is 32.2. The summed E-state index contributed by atoms with van der Waals surface area (Å²) in [5.74, 6) is 0.330. The Bertz CT molecular complexity index is 807. The van der Waals surface area contributed by atoms with Gasteiger partial charge in [-0.1, -0.05) is 17.3 Å². The number of halogens is 1. The van der Waals surface area contributed by atoms with E-state index in [4.69, 9.17) is 4.52 Å². The van der Waals surface area contributed by atoms with E-state index in [0.29, 0.717) is 43.3 Å². The lowest BCUT2D eigenvalue weighted by Gasteiger charge is -2.25. The maximum absolute atomic E-state index is 13.3. The molecule has 2 aromatic rings. The summed E-state index contributed by atoms with van der Waals surface area (Å²) in [6.45, 7) is 4.47. The molecule has 7 nitrogen and oxygen atoms in total. The number of nitrogens with zero attached hydrogens (tertiary/aromatic N) is 4. The minimum atomic E-state index is -0.360. The quantitative estimate of drug-likeness (QED) is 0.835. The Balaban J connectivity index is 1.72. The molecule has 1 atom stereocenters. The first kappa shape index (κ1) is 18.0. The first-order valence-corrected chi connectivity index (χ1v) is 8.53. The fourth-order valence-electron chi connectivity index (χ4n) is 3.19. The van der Waals surface area contributed by atoms with Crippen molar-refractivity contribution in [3.05, 3.63) is 47.4 Å². The molecule has 0 saturated carbocycles. The SMILES string of the molecule is CC(=O)N1CCN(C(=O)Cc2cccc(F)c2)CCC1c1nc(C)no1. The Hall–Kier alpha value is -2.77. The van der Waals surface area contributed by atoms with Gasteiger partial charge in [-0.25, -0.2) is 4.39 Å². The molecule has 1 fully saturated rings. The van der Waals surface area contributed by atoms with Crippen molar-refractivity contribution < 1.29 is 18.5 Å². The average Bonchev–Trinajstić information content (AvgIpc) is 2.89. The number of benzene rings is 1. The maximum Gasteiger partial charge on any atom is 0.249 e. The number of aryl methyl sites for hydroxylation is 1. The summed E-state index contributed by atoms with van der Waals surface area (Å²) in [6, 6.07) is 5.68. The predicted octanol–water partition coefficient (Wildman–Crippen LogP) is 1.88. The number of rotatable bonds is 3. The topological polar surface area (TPSA) is 79.5 Å². The lowest BCUT2D eigenvalue weighted by Crippen LogP contribution is -2.38. The fraction of sp³-hybridized carbons (Fsp3) is 0.444. The zero-order valence-corrected chi connectivity index (χ0v) is 14.8. The number of hydrogen-bond acceptors (Lipinski definition) is 5. The van der Waals surface area contributed by atoms with E-state index in [9.17, 15) is 14.0 Å². The van der Waals surface area contributed by atoms with Gasteiger partial charge in [0.25, 0.3) is 0 Å². The van der Waals surface area contributed by atoms with Crippen molar-refractivity contribution in [1.29, 1.82) is 0 Å². The summed E-state index contributed by atoms with van der Waals surface area (Å²) in [5.41, 5.74) is 0.631. The number of carbonyl (C=O) groups excluding carboxylic acids is 2. The van der Waals surface area contributed by atoms with Crippen LogP contribution in [0.4, 0.5) is 4.39 Å². The number of amides is 2. The van der Waals surface area contributed by atoms with Crippen LogP contribution in [0, 0.1) is 12.7 Å². The number of aromatic nitrogens is 2. The Kier molecular flexibility index (Phi) is 5.29. The number of hydrogen-bond donors (Lipinski definition) is 0. The lowest BCUT2D eigenvalue weighted by molar-refractivity contribution is -0.133. The van der Waals surface area contributed by atoms with Crippen molar-refractivity contribution in [2.45, 2.75) is 32.7 Å². The summed E-state index contributed by atoms with van der Waals surface area (Å²) >= 11 is 0. The van der Waals surface area contributed by atoms with E-state index in [1.165, 1.54) is 19.1 Å². The van der Waals surface area contributed by atoms with Crippen LogP contribution in [-0.2, 0) is 16.0 Å². The van der Waals surface area contributed by atoms with Gasteiger partial charge in [0.05, 0.1) is 6.42 Å². The standard InChI is InChI=1S/C18H21FN4O3/c1-12-20-18(26-21-12)16-6-7-22(8-9-23(16)13(2)24)17(25)11-14-4-3-5-15(19)10-14/h3-5,10,16H,6-9,11H2,1-2H3. The monoisotopic (exact) mass is 360 g/mol. The Morgan fingerprint density at radius 1 is 1.31 bits per heavy atom. The minimum absolute atomic E-state index is 0.0959. The predicted molar refractivity (Wildman–Crippen MR) is 90.5 cm³/mol. The van der Waals surface area contributed by atoms with Crippen molar-refractivity contribution in [1.82, 2.24) is 19.9 Å². The molecule has 0 spiro atoms. The summed E-state index contributed by atoms with van der Waals surface area (Å²) < 4.78 is 18.6. The van der Waals surface area contributed by atoms with E-state index in [1.807, 2.05) is 0 Å². The third-order valence-electron chi connectivity index (χ3n) is 4.49. The summed E-state index contributed by atoms with van der Waals surface area (Å²) in [5, 5.41) is 3.79. The molecule has 0 radical (unpaired) electrons. The molecule has 0 bridgehead atoms. The molecule has 26 heavy (non-hydrogen) atoms. The molecule has 1 aromatic carbocycles. The normalized spacial score (nSPS) is 17.9. The molecule has 0 aliphatic carbocycles. The Labute approximate surface area is 150 Å². The minimum Gasteiger partial charge on any atom is -0.341 e. The molecular formula is C18H21FN4O3. The second-order valence-electron chi connectivity index (χ2n) is 6.38. The molecule has 8 heteroatoms. The molecule has 138 valence electrons. The third kappa shape index (κ3) is 4.07. The highest BCUT2D eigenvalue weighted by molar-refractivity contribution is 5.79. The van der Waals surface area contributed by atoms with E-state index in [1.54, 1.807) is 28.9 Å². The van der Waals surface area contributed by atoms with Gasteiger partial charge >= 0.3 is 0 Å². The highest BCUT2D eigenvalue weighted by Gasteiger charge is 2.32. The van der Waals surface area contributed by atoms with Crippen molar-refractivity contribution in [2.24, 2.45) is 0 Å². The van der Waals surface area contributed by atoms with Gasteiger partial charge in [-0.2, -0.15) is 4.98 Å². The van der Waals surface area contributed by atoms with Crippen molar-refractivity contribution in [3.63, 3.8) is 0 Å². The van der Waals surface area contributed by atoms with Crippen molar-refractivity contribution in [3.8, 4) is 0 Å². The summed E-state index contributed by atoms with van der Waals surface area (Å²) in [6.07, 6.45) is 0.637.